The first kappa shape index (κ1) is 36.3. The molecule has 0 radical (unpaired) electrons. The Balaban J connectivity index is 0.000000630. The number of H-pyrrole nitrogens is 1. The summed E-state index contributed by atoms with van der Waals surface area (Å²) in [6.07, 6.45) is -5.21. The van der Waals surface area contributed by atoms with E-state index in [0.717, 1.165) is 16.7 Å². The molecule has 1 aliphatic heterocycles. The number of aromatic amines is 1. The van der Waals surface area contributed by atoms with Gasteiger partial charge >= 0.3 is 17.8 Å². The molecule has 0 spiro atoms. The number of hydrogen-bond acceptors (Lipinski definition) is 9. The van der Waals surface area contributed by atoms with Gasteiger partial charge in [-0.05, 0) is 54.3 Å². The van der Waals surface area contributed by atoms with Crippen molar-refractivity contribution in [3.05, 3.63) is 128 Å². The summed E-state index contributed by atoms with van der Waals surface area (Å²) in [6, 6.07) is 24.7. The van der Waals surface area contributed by atoms with Gasteiger partial charge in [-0.2, -0.15) is 13.2 Å². The summed E-state index contributed by atoms with van der Waals surface area (Å²) in [5.74, 6) is -1.95. The van der Waals surface area contributed by atoms with E-state index in [1.165, 1.54) is 10.8 Å². The van der Waals surface area contributed by atoms with Crippen LogP contribution in [-0.4, -0.2) is 70.5 Å². The van der Waals surface area contributed by atoms with Crippen molar-refractivity contribution in [1.29, 1.82) is 0 Å². The Morgan fingerprint density at radius 2 is 1.46 bits per heavy atom. The third-order valence-corrected chi connectivity index (χ3v) is 9.03. The van der Waals surface area contributed by atoms with E-state index < -0.39 is 58.9 Å². The molecule has 1 saturated heterocycles. The number of nitrogens with zero attached hydrogens (tertiary/aromatic N) is 1. The van der Waals surface area contributed by atoms with E-state index in [2.05, 4.69) is 4.98 Å². The number of halogens is 3. The van der Waals surface area contributed by atoms with Crippen LogP contribution in [0.3, 0.4) is 0 Å². The number of aromatic nitrogens is 2. The number of carbonyl (C=O) groups is 1. The fourth-order valence-corrected chi connectivity index (χ4v) is 6.55. The fraction of sp³-hybridized carbons (Fsp3) is 0.343. The molecular formula is C35H36F3N3O9. The number of aliphatic hydroxyl groups is 1. The van der Waals surface area contributed by atoms with Crippen molar-refractivity contribution in [3.8, 4) is 11.5 Å². The third kappa shape index (κ3) is 6.76. The molecule has 15 heteroatoms. The highest BCUT2D eigenvalue weighted by molar-refractivity contribution is 5.73. The van der Waals surface area contributed by atoms with Crippen molar-refractivity contribution in [2.24, 2.45) is 11.7 Å². The summed E-state index contributed by atoms with van der Waals surface area (Å²) in [7, 11) is 3.23. The topological polar surface area (TPSA) is 175 Å². The molecule has 6 rings (SSSR count). The molecule has 50 heavy (non-hydrogen) atoms. The first-order valence-electron chi connectivity index (χ1n) is 15.4. The van der Waals surface area contributed by atoms with Crippen LogP contribution in [0.25, 0.3) is 0 Å². The van der Waals surface area contributed by atoms with E-state index in [-0.39, 0.29) is 6.61 Å². The lowest BCUT2D eigenvalue weighted by molar-refractivity contribution is -0.192. The molecule has 2 bridgehead atoms. The van der Waals surface area contributed by atoms with E-state index in [9.17, 15) is 27.9 Å². The van der Waals surface area contributed by atoms with E-state index in [1.54, 1.807) is 21.1 Å². The molecule has 266 valence electrons. The van der Waals surface area contributed by atoms with Crippen LogP contribution in [0.15, 0.2) is 94.6 Å². The van der Waals surface area contributed by atoms with E-state index >= 15 is 0 Å². The molecule has 2 fully saturated rings. The van der Waals surface area contributed by atoms with Crippen LogP contribution in [-0.2, 0) is 19.9 Å². The van der Waals surface area contributed by atoms with Gasteiger partial charge in [0.05, 0.1) is 26.9 Å². The van der Waals surface area contributed by atoms with Gasteiger partial charge in [0.2, 0.25) is 0 Å². The molecule has 5 atom stereocenters. The Bertz CT molecular complexity index is 1870. The van der Waals surface area contributed by atoms with Gasteiger partial charge in [-0.25, -0.2) is 9.59 Å². The molecule has 1 saturated carbocycles. The van der Waals surface area contributed by atoms with Gasteiger partial charge in [-0.3, -0.25) is 14.3 Å². The molecule has 1 aromatic heterocycles. The number of aliphatic carboxylic acids is 1. The minimum Gasteiger partial charge on any atom is -0.497 e. The van der Waals surface area contributed by atoms with Crippen LogP contribution in [0.4, 0.5) is 13.2 Å². The Hall–Kier alpha value is -4.96. The Morgan fingerprint density at radius 1 is 0.960 bits per heavy atom. The second-order valence-electron chi connectivity index (χ2n) is 12.0. The molecule has 5 N–H and O–H groups in total. The maximum Gasteiger partial charge on any atom is 0.490 e. The molecule has 12 nitrogen and oxygen atoms in total. The lowest BCUT2D eigenvalue weighted by Gasteiger charge is -2.40. The first-order chi connectivity index (χ1) is 23.7. The molecule has 4 aromatic rings. The van der Waals surface area contributed by atoms with Crippen molar-refractivity contribution in [3.63, 3.8) is 0 Å². The van der Waals surface area contributed by atoms with Crippen LogP contribution >= 0.6 is 0 Å². The standard InChI is InChI=1S/C33H35N3O7.C2HF3O2/c1-20-18-36(31(39)35-29(20)38)30-27-26(34)17-32(43-30,28(27)37)19-42-33(21-7-5-4-6-8-21,22-9-13-24(40-2)14-10-22)23-11-15-25(41-3)16-12-23;3-2(4,5)1(6)7/h4-16,18,26-28,30,37H,17,19,34H2,1-3H3,(H,35,38,39);(H,6,7)/t26-,27-,28+,30-,32-;/m1./s1. The highest BCUT2D eigenvalue weighted by atomic mass is 19.4. The highest BCUT2D eigenvalue weighted by Gasteiger charge is 2.64. The first-order valence-corrected chi connectivity index (χ1v) is 15.4. The van der Waals surface area contributed by atoms with Gasteiger partial charge in [0.1, 0.15) is 28.9 Å². The fourth-order valence-electron chi connectivity index (χ4n) is 6.55. The largest absolute Gasteiger partial charge is 0.497 e. The summed E-state index contributed by atoms with van der Waals surface area (Å²) in [5.41, 5.74) is 5.99. The van der Waals surface area contributed by atoms with Crippen molar-refractivity contribution in [2.45, 2.75) is 49.1 Å². The molecule has 2 heterocycles. The van der Waals surface area contributed by atoms with Crippen molar-refractivity contribution in [1.82, 2.24) is 9.55 Å². The summed E-state index contributed by atoms with van der Waals surface area (Å²) in [4.78, 5) is 36.1. The SMILES string of the molecule is COc1ccc(C(OC[C@@]23C[C@@H](N)[C@@H]([C@H](n4cc(C)c(=O)[nH]c4=O)O2)[C@@H]3O)(c2ccccc2)c2ccc(OC)cc2)cc1.O=C(O)C(F)(F)F. The second kappa shape index (κ2) is 14.1. The maximum absolute atomic E-state index is 12.8. The van der Waals surface area contributed by atoms with Crippen LogP contribution in [0.2, 0.25) is 0 Å². The zero-order chi connectivity index (χ0) is 36.4. The maximum atomic E-state index is 12.8. The number of nitrogens with two attached hydrogens (primary N) is 1. The van der Waals surface area contributed by atoms with Crippen molar-refractivity contribution >= 4 is 5.97 Å². The second-order valence-corrected chi connectivity index (χ2v) is 12.0. The number of fused-ring (bicyclic) bond motifs is 2. The number of ether oxygens (including phenoxy) is 4. The number of rotatable bonds is 9. The molecule has 1 aliphatic carbocycles. The minimum atomic E-state index is -5.08. The Labute approximate surface area is 283 Å². The molecule has 0 unspecified atom stereocenters. The van der Waals surface area contributed by atoms with Crippen LogP contribution in [0.5, 0.6) is 11.5 Å². The van der Waals surface area contributed by atoms with E-state index in [1.807, 2.05) is 78.9 Å². The molecule has 0 amide bonds. The minimum absolute atomic E-state index is 0.0428. The number of carboxylic acids is 1. The van der Waals surface area contributed by atoms with Crippen LogP contribution in [0.1, 0.15) is 34.9 Å². The average molecular weight is 700 g/mol. The number of hydrogen-bond donors (Lipinski definition) is 4. The number of nitrogens with one attached hydrogen (secondary N) is 1. The summed E-state index contributed by atoms with van der Waals surface area (Å²) >= 11 is 0. The van der Waals surface area contributed by atoms with Crippen molar-refractivity contribution in [2.75, 3.05) is 20.8 Å². The highest BCUT2D eigenvalue weighted by Crippen LogP contribution is 2.53. The smallest absolute Gasteiger partial charge is 0.490 e. The van der Waals surface area contributed by atoms with Crippen molar-refractivity contribution < 1.29 is 47.1 Å². The van der Waals surface area contributed by atoms with Gasteiger partial charge in [-0.15, -0.1) is 0 Å². The normalized spacial score (nSPS) is 22.8. The van der Waals surface area contributed by atoms with Gasteiger partial charge in [0.15, 0.2) is 0 Å². The summed E-state index contributed by atoms with van der Waals surface area (Å²) in [6.45, 7) is 1.56. The predicted molar refractivity (Wildman–Crippen MR) is 173 cm³/mol. The zero-order valence-corrected chi connectivity index (χ0v) is 27.2. The summed E-state index contributed by atoms with van der Waals surface area (Å²) in [5, 5.41) is 18.8. The van der Waals surface area contributed by atoms with Gasteiger partial charge in [0.25, 0.3) is 5.56 Å². The van der Waals surface area contributed by atoms with Crippen LogP contribution < -0.4 is 26.5 Å². The quantitative estimate of drug-likeness (QED) is 0.189. The monoisotopic (exact) mass is 699 g/mol. The third-order valence-electron chi connectivity index (χ3n) is 9.03. The number of methoxy groups -OCH3 is 2. The average Bonchev–Trinajstić information content (AvgIpc) is 3.52. The zero-order valence-electron chi connectivity index (χ0n) is 27.2. The number of aryl methyl sites for hydroxylation is 1. The number of benzene rings is 3. The molecule has 3 aromatic carbocycles. The molecule has 2 aliphatic rings. The number of aliphatic hydroxyl groups excluding tert-OH is 1. The van der Waals surface area contributed by atoms with E-state index in [0.29, 0.717) is 23.5 Å². The van der Waals surface area contributed by atoms with Gasteiger partial charge in [-0.1, -0.05) is 54.6 Å². The number of carboxylic acid groups (broad SMARTS) is 1. The van der Waals surface area contributed by atoms with Crippen LogP contribution in [0, 0.1) is 12.8 Å². The van der Waals surface area contributed by atoms with Gasteiger partial charge < -0.3 is 34.9 Å². The Kier molecular flexibility index (Phi) is 10.3. The predicted octanol–water partition coefficient (Wildman–Crippen LogP) is 3.48. The number of alkyl halides is 3. The lowest BCUT2D eigenvalue weighted by Crippen LogP contribution is -2.48. The van der Waals surface area contributed by atoms with E-state index in [4.69, 9.17) is 34.6 Å². The molecular weight excluding hydrogens is 663 g/mol. The summed E-state index contributed by atoms with van der Waals surface area (Å²) < 4.78 is 57.5. The van der Waals surface area contributed by atoms with Gasteiger partial charge in [0, 0.05) is 23.7 Å². The Morgan fingerprint density at radius 3 is 1.94 bits per heavy atom. The lowest BCUT2D eigenvalue weighted by atomic mass is 9.79.